The van der Waals surface area contributed by atoms with E-state index in [0.29, 0.717) is 12.1 Å². The van der Waals surface area contributed by atoms with Crippen LogP contribution in [-0.4, -0.2) is 23.9 Å². The number of anilines is 1. The molecule has 0 radical (unpaired) electrons. The van der Waals surface area contributed by atoms with Gasteiger partial charge in [0.25, 0.3) is 5.91 Å². The van der Waals surface area contributed by atoms with Crippen molar-refractivity contribution in [2.45, 2.75) is 23.0 Å². The molecule has 152 valence electrons. The molecule has 0 aliphatic heterocycles. The van der Waals surface area contributed by atoms with E-state index in [9.17, 15) is 35.5 Å². The molecule has 1 amide bonds. The highest BCUT2D eigenvalue weighted by atomic mass is 35.5. The zero-order valence-corrected chi connectivity index (χ0v) is 14.5. The first kappa shape index (κ1) is 22.0. The standard InChI is InChI=1S/C17H12ClF7N2O/c18-14(26,15(19,16(20,21)22)17(23,24)25)11-7-4-8-12(9-11)27-13(28)10-5-2-1-3-6-10/h1-9H,26H2,(H,27,28). The number of halogens is 8. The summed E-state index contributed by atoms with van der Waals surface area (Å²) in [6, 6.07) is 11.0. The summed E-state index contributed by atoms with van der Waals surface area (Å²) < 4.78 is 92.2. The molecule has 2 aromatic carbocycles. The number of hydrogen-bond acceptors (Lipinski definition) is 2. The van der Waals surface area contributed by atoms with Gasteiger partial charge in [-0.2, -0.15) is 26.3 Å². The second-order valence-corrected chi connectivity index (χ2v) is 6.36. The molecule has 1 unspecified atom stereocenters. The average molecular weight is 429 g/mol. The van der Waals surface area contributed by atoms with Crippen LogP contribution in [0.2, 0.25) is 0 Å². The molecule has 1 atom stereocenters. The van der Waals surface area contributed by atoms with Crippen LogP contribution in [0, 0.1) is 0 Å². The Bertz CT molecular complexity index is 837. The second-order valence-electron chi connectivity index (χ2n) is 5.77. The number of nitrogens with one attached hydrogen (secondary N) is 1. The van der Waals surface area contributed by atoms with Crippen LogP contribution in [0.15, 0.2) is 54.6 Å². The lowest BCUT2D eigenvalue weighted by Crippen LogP contribution is -2.67. The van der Waals surface area contributed by atoms with Crippen molar-refractivity contribution in [1.29, 1.82) is 0 Å². The molecule has 2 aromatic rings. The van der Waals surface area contributed by atoms with Gasteiger partial charge in [0.2, 0.25) is 0 Å². The number of carbonyl (C=O) groups excluding carboxylic acids is 1. The summed E-state index contributed by atoms with van der Waals surface area (Å²) in [5.41, 5.74) is -2.00. The molecule has 2 rings (SSSR count). The molecular formula is C17H12ClF7N2O. The number of benzene rings is 2. The maximum atomic E-state index is 14.3. The Kier molecular flexibility index (Phi) is 5.69. The Morgan fingerprint density at radius 3 is 1.89 bits per heavy atom. The Balaban J connectivity index is 2.45. The molecular weight excluding hydrogens is 417 g/mol. The minimum atomic E-state index is -6.45. The number of alkyl halides is 8. The van der Waals surface area contributed by atoms with Crippen LogP contribution < -0.4 is 11.1 Å². The van der Waals surface area contributed by atoms with E-state index < -0.39 is 34.5 Å². The van der Waals surface area contributed by atoms with Crippen LogP contribution in [0.1, 0.15) is 15.9 Å². The van der Waals surface area contributed by atoms with Crippen LogP contribution in [0.25, 0.3) is 0 Å². The van der Waals surface area contributed by atoms with Crippen molar-refractivity contribution in [3.05, 3.63) is 65.7 Å². The van der Waals surface area contributed by atoms with E-state index in [2.05, 4.69) is 5.32 Å². The first-order chi connectivity index (χ1) is 12.7. The number of amides is 1. The van der Waals surface area contributed by atoms with Gasteiger partial charge < -0.3 is 11.1 Å². The Morgan fingerprint density at radius 1 is 0.857 bits per heavy atom. The zero-order valence-electron chi connectivity index (χ0n) is 13.7. The van der Waals surface area contributed by atoms with Crippen molar-refractivity contribution >= 4 is 23.2 Å². The monoisotopic (exact) mass is 428 g/mol. The van der Waals surface area contributed by atoms with Gasteiger partial charge in [-0.3, -0.25) is 4.79 Å². The topological polar surface area (TPSA) is 55.1 Å². The van der Waals surface area contributed by atoms with Crippen molar-refractivity contribution < 1.29 is 35.5 Å². The summed E-state index contributed by atoms with van der Waals surface area (Å²) in [5, 5.41) is 2.26. The Morgan fingerprint density at radius 2 is 1.39 bits per heavy atom. The molecule has 0 spiro atoms. The number of nitrogens with two attached hydrogens (primary N) is 1. The molecule has 3 nitrogen and oxygen atoms in total. The Labute approximate surface area is 159 Å². The minimum absolute atomic E-state index is 0.170. The summed E-state index contributed by atoms with van der Waals surface area (Å²) in [6.45, 7) is 0. The molecule has 0 aliphatic rings. The number of rotatable bonds is 4. The van der Waals surface area contributed by atoms with E-state index in [-0.39, 0.29) is 11.3 Å². The van der Waals surface area contributed by atoms with Gasteiger partial charge >= 0.3 is 18.0 Å². The summed E-state index contributed by atoms with van der Waals surface area (Å²) >= 11 is 5.31. The molecule has 0 saturated heterocycles. The fourth-order valence-electron chi connectivity index (χ4n) is 2.39. The lowest BCUT2D eigenvalue weighted by molar-refractivity contribution is -0.354. The predicted molar refractivity (Wildman–Crippen MR) is 88.5 cm³/mol. The maximum Gasteiger partial charge on any atom is 0.435 e. The highest BCUT2D eigenvalue weighted by Gasteiger charge is 2.81. The molecule has 0 aliphatic carbocycles. The molecule has 0 bridgehead atoms. The maximum absolute atomic E-state index is 14.3. The normalized spacial score (nSPS) is 15.0. The average Bonchev–Trinajstić information content (AvgIpc) is 2.60. The number of hydrogen-bond donors (Lipinski definition) is 2. The van der Waals surface area contributed by atoms with Gasteiger partial charge in [-0.1, -0.05) is 41.9 Å². The van der Waals surface area contributed by atoms with Crippen LogP contribution >= 0.6 is 11.6 Å². The van der Waals surface area contributed by atoms with Crippen molar-refractivity contribution in [2.24, 2.45) is 5.73 Å². The van der Waals surface area contributed by atoms with Gasteiger partial charge in [0, 0.05) is 11.3 Å². The van der Waals surface area contributed by atoms with E-state index >= 15 is 0 Å². The van der Waals surface area contributed by atoms with Crippen molar-refractivity contribution in [2.75, 3.05) is 5.32 Å². The first-order valence-corrected chi connectivity index (χ1v) is 7.86. The summed E-state index contributed by atoms with van der Waals surface area (Å²) in [5.74, 6) is -0.701. The quantitative estimate of drug-likeness (QED) is 0.403. The van der Waals surface area contributed by atoms with E-state index in [1.807, 2.05) is 0 Å². The predicted octanol–water partition coefficient (Wildman–Crippen LogP) is 5.12. The third-order valence-corrected chi connectivity index (χ3v) is 4.34. The zero-order chi connectivity index (χ0) is 21.4. The van der Waals surface area contributed by atoms with E-state index in [1.54, 1.807) is 18.2 Å². The van der Waals surface area contributed by atoms with Crippen molar-refractivity contribution in [3.8, 4) is 0 Å². The Hall–Kier alpha value is -2.33. The molecule has 3 N–H and O–H groups in total. The highest BCUT2D eigenvalue weighted by Crippen LogP contribution is 2.56. The molecule has 11 heteroatoms. The highest BCUT2D eigenvalue weighted by molar-refractivity contribution is 6.24. The fraction of sp³-hybridized carbons (Fsp3) is 0.235. The van der Waals surface area contributed by atoms with Gasteiger partial charge in [0.15, 0.2) is 5.00 Å². The largest absolute Gasteiger partial charge is 0.435 e. The molecule has 0 heterocycles. The van der Waals surface area contributed by atoms with Crippen molar-refractivity contribution in [3.63, 3.8) is 0 Å². The van der Waals surface area contributed by atoms with E-state index in [0.717, 1.165) is 6.07 Å². The SMILES string of the molecule is NC(Cl)(c1cccc(NC(=O)c2ccccc2)c1)C(F)(C(F)(F)F)C(F)(F)F. The number of carbonyl (C=O) groups is 1. The van der Waals surface area contributed by atoms with E-state index in [4.69, 9.17) is 17.3 Å². The third kappa shape index (κ3) is 3.79. The third-order valence-electron chi connectivity index (χ3n) is 3.86. The van der Waals surface area contributed by atoms with Crippen LogP contribution in [0.4, 0.5) is 36.4 Å². The van der Waals surface area contributed by atoms with Gasteiger partial charge in [0.05, 0.1) is 0 Å². The van der Waals surface area contributed by atoms with Gasteiger partial charge in [0.1, 0.15) is 0 Å². The molecule has 0 fully saturated rings. The summed E-state index contributed by atoms with van der Waals surface area (Å²) in [4.78, 5) is 8.04. The van der Waals surface area contributed by atoms with Crippen LogP contribution in [-0.2, 0) is 5.00 Å². The van der Waals surface area contributed by atoms with E-state index in [1.165, 1.54) is 18.2 Å². The van der Waals surface area contributed by atoms with Crippen LogP contribution in [0.3, 0.4) is 0 Å². The van der Waals surface area contributed by atoms with Crippen LogP contribution in [0.5, 0.6) is 0 Å². The molecule has 28 heavy (non-hydrogen) atoms. The van der Waals surface area contributed by atoms with Gasteiger partial charge in [-0.25, -0.2) is 4.39 Å². The van der Waals surface area contributed by atoms with Gasteiger partial charge in [-0.15, -0.1) is 0 Å². The molecule has 0 aromatic heterocycles. The summed E-state index contributed by atoms with van der Waals surface area (Å²) in [6.07, 6.45) is -12.9. The van der Waals surface area contributed by atoms with Crippen molar-refractivity contribution in [1.82, 2.24) is 0 Å². The first-order valence-electron chi connectivity index (χ1n) is 7.49. The minimum Gasteiger partial charge on any atom is -0.322 e. The molecule has 0 saturated carbocycles. The summed E-state index contributed by atoms with van der Waals surface area (Å²) in [7, 11) is 0. The smallest absolute Gasteiger partial charge is 0.322 e. The lowest BCUT2D eigenvalue weighted by atomic mass is 9.88. The lowest BCUT2D eigenvalue weighted by Gasteiger charge is -2.40. The fourth-order valence-corrected chi connectivity index (χ4v) is 2.72. The second kappa shape index (κ2) is 7.25. The van der Waals surface area contributed by atoms with Gasteiger partial charge in [-0.05, 0) is 29.8 Å².